The molecule has 0 unspecified atom stereocenters. The van der Waals surface area contributed by atoms with Crippen molar-refractivity contribution in [3.63, 3.8) is 0 Å². The number of hydrogen-bond donors (Lipinski definition) is 0. The third kappa shape index (κ3) is 4.06. The molecule has 0 saturated heterocycles. The second kappa shape index (κ2) is 7.48. The van der Waals surface area contributed by atoms with Crippen molar-refractivity contribution in [2.45, 2.75) is 32.1 Å². The summed E-state index contributed by atoms with van der Waals surface area (Å²) in [6, 6.07) is 10.6. The maximum atomic E-state index is 2.33. The molecule has 1 aromatic rings. The van der Waals surface area contributed by atoms with Gasteiger partial charge in [0.2, 0.25) is 0 Å². The van der Waals surface area contributed by atoms with Crippen LogP contribution in [0, 0.1) is 5.92 Å². The Kier molecular flexibility index (Phi) is 5.60. The molecule has 0 spiro atoms. The zero-order chi connectivity index (χ0) is 12.6. The van der Waals surface area contributed by atoms with E-state index in [2.05, 4.69) is 54.1 Å². The normalized spacial score (nSPS) is 18.4. The van der Waals surface area contributed by atoms with Crippen LogP contribution < -0.4 is 0 Å². The second-order valence-electron chi connectivity index (χ2n) is 4.93. The van der Waals surface area contributed by atoms with Crippen LogP contribution in [0.3, 0.4) is 0 Å². The molecular formula is C17H22S. The fourth-order valence-corrected chi connectivity index (χ4v) is 3.14. The molecule has 18 heavy (non-hydrogen) atoms. The predicted octanol–water partition coefficient (Wildman–Crippen LogP) is 5.53. The van der Waals surface area contributed by atoms with Crippen molar-refractivity contribution >= 4 is 17.8 Å². The molecular weight excluding hydrogens is 236 g/mol. The summed E-state index contributed by atoms with van der Waals surface area (Å²) < 4.78 is 0. The van der Waals surface area contributed by atoms with Gasteiger partial charge in [0, 0.05) is 0 Å². The van der Waals surface area contributed by atoms with Crippen molar-refractivity contribution in [2.24, 2.45) is 5.92 Å². The maximum Gasteiger partial charge on any atom is -0.0142 e. The van der Waals surface area contributed by atoms with Crippen molar-refractivity contribution < 1.29 is 0 Å². The Bertz CT molecular complexity index is 397. The number of benzene rings is 1. The molecule has 1 aromatic carbocycles. The highest BCUT2D eigenvalue weighted by molar-refractivity contribution is 8.01. The van der Waals surface area contributed by atoms with Crippen molar-refractivity contribution in [3.05, 3.63) is 53.0 Å². The Morgan fingerprint density at radius 2 is 1.83 bits per heavy atom. The maximum absolute atomic E-state index is 2.33. The van der Waals surface area contributed by atoms with Gasteiger partial charge in [-0.05, 0) is 41.6 Å². The monoisotopic (exact) mass is 258 g/mol. The van der Waals surface area contributed by atoms with Gasteiger partial charge in [-0.1, -0.05) is 61.7 Å². The number of hydrogen-bond acceptors (Lipinski definition) is 1. The highest BCUT2D eigenvalue weighted by Gasteiger charge is 2.15. The van der Waals surface area contributed by atoms with E-state index < -0.39 is 0 Å². The Balaban J connectivity index is 2.06. The summed E-state index contributed by atoms with van der Waals surface area (Å²) in [6.45, 7) is 0. The fourth-order valence-electron chi connectivity index (χ4n) is 2.60. The quantitative estimate of drug-likeness (QED) is 0.640. The molecule has 0 heterocycles. The van der Waals surface area contributed by atoms with E-state index in [-0.39, 0.29) is 0 Å². The first kappa shape index (κ1) is 13.5. The van der Waals surface area contributed by atoms with E-state index in [0.29, 0.717) is 0 Å². The summed E-state index contributed by atoms with van der Waals surface area (Å²) in [5.41, 5.74) is 2.81. The fraction of sp³-hybridized carbons (Fsp3) is 0.412. The summed E-state index contributed by atoms with van der Waals surface area (Å²) >= 11 is 1.83. The van der Waals surface area contributed by atoms with Gasteiger partial charge in [0.1, 0.15) is 0 Å². The molecule has 0 bridgehead atoms. The summed E-state index contributed by atoms with van der Waals surface area (Å²) in [4.78, 5) is 0. The SMILES string of the molecule is CS/C=C(/C=C\c1ccccc1)C1CCCCC1. The summed E-state index contributed by atoms with van der Waals surface area (Å²) in [6.07, 6.45) is 13.7. The van der Waals surface area contributed by atoms with Crippen molar-refractivity contribution in [1.29, 1.82) is 0 Å². The smallest absolute Gasteiger partial charge is 0.0142 e. The Morgan fingerprint density at radius 3 is 2.50 bits per heavy atom. The van der Waals surface area contributed by atoms with Crippen LogP contribution in [0.1, 0.15) is 37.7 Å². The van der Waals surface area contributed by atoms with Crippen LogP contribution in [-0.2, 0) is 0 Å². The highest BCUT2D eigenvalue weighted by Crippen LogP contribution is 2.31. The van der Waals surface area contributed by atoms with Crippen LogP contribution in [0.15, 0.2) is 47.4 Å². The van der Waals surface area contributed by atoms with Gasteiger partial charge >= 0.3 is 0 Å². The van der Waals surface area contributed by atoms with Gasteiger partial charge in [0.15, 0.2) is 0 Å². The molecule has 0 aliphatic heterocycles. The third-order valence-electron chi connectivity index (χ3n) is 3.60. The van der Waals surface area contributed by atoms with Gasteiger partial charge in [-0.25, -0.2) is 0 Å². The van der Waals surface area contributed by atoms with Crippen LogP contribution >= 0.6 is 11.8 Å². The van der Waals surface area contributed by atoms with Gasteiger partial charge in [-0.3, -0.25) is 0 Å². The van der Waals surface area contributed by atoms with E-state index in [9.17, 15) is 0 Å². The molecule has 96 valence electrons. The third-order valence-corrected chi connectivity index (χ3v) is 4.11. The van der Waals surface area contributed by atoms with E-state index in [0.717, 1.165) is 5.92 Å². The molecule has 0 nitrogen and oxygen atoms in total. The summed E-state index contributed by atoms with van der Waals surface area (Å²) in [7, 11) is 0. The van der Waals surface area contributed by atoms with E-state index in [1.807, 2.05) is 11.8 Å². The molecule has 1 heteroatoms. The highest BCUT2D eigenvalue weighted by atomic mass is 32.2. The first-order valence-electron chi connectivity index (χ1n) is 6.86. The summed E-state index contributed by atoms with van der Waals surface area (Å²) in [5, 5.41) is 2.33. The lowest BCUT2D eigenvalue weighted by molar-refractivity contribution is 0.409. The summed E-state index contributed by atoms with van der Waals surface area (Å²) in [5.74, 6) is 0.783. The van der Waals surface area contributed by atoms with Crippen LogP contribution in [0.5, 0.6) is 0 Å². The lowest BCUT2D eigenvalue weighted by atomic mass is 9.84. The van der Waals surface area contributed by atoms with Crippen molar-refractivity contribution in [2.75, 3.05) is 6.26 Å². The lowest BCUT2D eigenvalue weighted by Gasteiger charge is -2.22. The van der Waals surface area contributed by atoms with Gasteiger partial charge in [0.05, 0.1) is 0 Å². The van der Waals surface area contributed by atoms with Gasteiger partial charge in [-0.15, -0.1) is 11.8 Å². The standard InChI is InChI=1S/C17H22S/c1-18-14-17(16-10-6-3-7-11-16)13-12-15-8-4-2-5-9-15/h2,4-5,8-9,12-14,16H,3,6-7,10-11H2,1H3/b13-12-,17-14-. The zero-order valence-corrected chi connectivity index (χ0v) is 12.0. The Labute approximate surface area is 115 Å². The van der Waals surface area contributed by atoms with Crippen LogP contribution in [0.2, 0.25) is 0 Å². The van der Waals surface area contributed by atoms with Crippen molar-refractivity contribution in [1.82, 2.24) is 0 Å². The molecule has 0 aromatic heterocycles. The molecule has 0 radical (unpaired) electrons. The first-order valence-corrected chi connectivity index (χ1v) is 8.15. The molecule has 0 atom stereocenters. The molecule has 1 aliphatic rings. The molecule has 1 saturated carbocycles. The Hall–Kier alpha value is -0.950. The van der Waals surface area contributed by atoms with Gasteiger partial charge < -0.3 is 0 Å². The average Bonchev–Trinajstić information content (AvgIpc) is 2.45. The lowest BCUT2D eigenvalue weighted by Crippen LogP contribution is -2.07. The number of allylic oxidation sites excluding steroid dienone is 2. The number of rotatable bonds is 4. The second-order valence-corrected chi connectivity index (χ2v) is 5.64. The average molecular weight is 258 g/mol. The molecule has 1 aliphatic carbocycles. The first-order chi connectivity index (χ1) is 8.90. The minimum absolute atomic E-state index is 0.783. The van der Waals surface area contributed by atoms with E-state index in [4.69, 9.17) is 0 Å². The van der Waals surface area contributed by atoms with E-state index in [1.165, 1.54) is 43.2 Å². The van der Waals surface area contributed by atoms with E-state index >= 15 is 0 Å². The van der Waals surface area contributed by atoms with Gasteiger partial charge in [-0.2, -0.15) is 0 Å². The zero-order valence-electron chi connectivity index (χ0n) is 11.1. The van der Waals surface area contributed by atoms with E-state index in [1.54, 1.807) is 0 Å². The topological polar surface area (TPSA) is 0 Å². The molecule has 2 rings (SSSR count). The molecule has 1 fully saturated rings. The Morgan fingerprint density at radius 1 is 1.11 bits per heavy atom. The predicted molar refractivity (Wildman–Crippen MR) is 83.6 cm³/mol. The molecule has 0 N–H and O–H groups in total. The minimum Gasteiger partial charge on any atom is -0.137 e. The van der Waals surface area contributed by atoms with Crippen LogP contribution in [-0.4, -0.2) is 6.26 Å². The van der Waals surface area contributed by atoms with Crippen molar-refractivity contribution in [3.8, 4) is 0 Å². The largest absolute Gasteiger partial charge is 0.137 e. The van der Waals surface area contributed by atoms with Gasteiger partial charge in [0.25, 0.3) is 0 Å². The van der Waals surface area contributed by atoms with Crippen LogP contribution in [0.25, 0.3) is 6.08 Å². The number of thioether (sulfide) groups is 1. The minimum atomic E-state index is 0.783. The molecule has 0 amide bonds. The van der Waals surface area contributed by atoms with Crippen LogP contribution in [0.4, 0.5) is 0 Å².